The molecule has 5 N–H and O–H groups in total. The number of rotatable bonds is 21. The third-order valence-electron chi connectivity index (χ3n) is 13.2. The van der Waals surface area contributed by atoms with E-state index in [0.29, 0.717) is 66.5 Å². The lowest BCUT2D eigenvalue weighted by Crippen LogP contribution is -2.58. The summed E-state index contributed by atoms with van der Waals surface area (Å²) < 4.78 is 24.7. The number of fused-ring (bicyclic) bond motifs is 3. The zero-order chi connectivity index (χ0) is 53.4. The lowest BCUT2D eigenvalue weighted by atomic mass is 9.85. The van der Waals surface area contributed by atoms with E-state index in [9.17, 15) is 24.3 Å². The summed E-state index contributed by atoms with van der Waals surface area (Å²) in [4.78, 5) is 68.2. The van der Waals surface area contributed by atoms with Crippen LogP contribution in [0, 0.1) is 33.1 Å². The zero-order valence-corrected chi connectivity index (χ0v) is 44.1. The number of carbonyl (C=O) groups is 4. The summed E-state index contributed by atoms with van der Waals surface area (Å²) in [5.74, 6) is 1.81. The van der Waals surface area contributed by atoms with E-state index in [-0.39, 0.29) is 45.1 Å². The SMILES string of the molecule is Cc1ncoc1-c1ccc(CNC(=O)[C@@H]2C[C@@H](O)CN2C(=O)C(NC(=O)COCCCOCCCOc2ccc(NC(=O)CC3N=C(c4ccc(Cl)cc4)c4c([nH]c(C)c4C)-n4c(C)nnc43)cc2)C(C)(C)C)cc1. The molecule has 19 nitrogen and oxygen atoms in total. The zero-order valence-electron chi connectivity index (χ0n) is 43.4. The number of halogens is 1. The maximum atomic E-state index is 14.0. The molecule has 0 bridgehead atoms. The Kier molecular flexibility index (Phi) is 17.3. The molecular weight excluding hydrogens is 980 g/mol. The number of amides is 4. The Balaban J connectivity index is 0.723. The van der Waals surface area contributed by atoms with Gasteiger partial charge >= 0.3 is 0 Å². The summed E-state index contributed by atoms with van der Waals surface area (Å²) in [5.41, 5.74) is 6.95. The van der Waals surface area contributed by atoms with Gasteiger partial charge in [0.05, 0.1) is 30.5 Å². The number of nitrogens with one attached hydrogen (secondary N) is 4. The van der Waals surface area contributed by atoms with E-state index < -0.39 is 47.4 Å². The fourth-order valence-corrected chi connectivity index (χ4v) is 9.28. The predicted molar refractivity (Wildman–Crippen MR) is 282 cm³/mol. The van der Waals surface area contributed by atoms with Crippen LogP contribution in [0.3, 0.4) is 0 Å². The molecule has 75 heavy (non-hydrogen) atoms. The van der Waals surface area contributed by atoms with Crippen LogP contribution in [0.1, 0.15) is 97.8 Å². The molecule has 6 aromatic rings. The molecule has 2 aliphatic heterocycles. The average Bonchev–Trinajstić information content (AvgIpc) is 4.16. The number of ether oxygens (including phenoxy) is 3. The van der Waals surface area contributed by atoms with Crippen molar-refractivity contribution in [3.8, 4) is 22.9 Å². The van der Waals surface area contributed by atoms with Crippen molar-refractivity contribution in [3.63, 3.8) is 0 Å². The number of H-pyrrole nitrogens is 1. The number of hydrogen-bond acceptors (Lipinski definition) is 13. The van der Waals surface area contributed by atoms with E-state index in [2.05, 4.69) is 36.1 Å². The maximum absolute atomic E-state index is 14.0. The average molecular weight is 1050 g/mol. The van der Waals surface area contributed by atoms with Crippen LogP contribution in [0.25, 0.3) is 17.1 Å². The van der Waals surface area contributed by atoms with Gasteiger partial charge in [0.2, 0.25) is 23.6 Å². The molecule has 0 saturated carbocycles. The Labute approximate surface area is 440 Å². The number of nitrogens with zero attached hydrogens (tertiary/aromatic N) is 6. The van der Waals surface area contributed by atoms with Crippen LogP contribution in [-0.2, 0) is 35.2 Å². The van der Waals surface area contributed by atoms with Crippen LogP contribution >= 0.6 is 11.6 Å². The van der Waals surface area contributed by atoms with Crippen LogP contribution < -0.4 is 20.7 Å². The van der Waals surface area contributed by atoms with Crippen LogP contribution in [0.5, 0.6) is 5.75 Å². The van der Waals surface area contributed by atoms with Crippen molar-refractivity contribution in [1.29, 1.82) is 0 Å². The molecule has 396 valence electrons. The van der Waals surface area contributed by atoms with E-state index in [0.717, 1.165) is 50.7 Å². The second kappa shape index (κ2) is 24.0. The normalized spacial score (nSPS) is 16.6. The van der Waals surface area contributed by atoms with E-state index in [1.165, 1.54) is 11.3 Å². The molecular formula is C55H65ClN10O9. The van der Waals surface area contributed by atoms with E-state index in [1.54, 1.807) is 24.3 Å². The van der Waals surface area contributed by atoms with Crippen LogP contribution in [-0.4, -0.2) is 122 Å². The summed E-state index contributed by atoms with van der Waals surface area (Å²) in [7, 11) is 0. The lowest BCUT2D eigenvalue weighted by molar-refractivity contribution is -0.144. The molecule has 0 radical (unpaired) electrons. The molecule has 0 aliphatic carbocycles. The summed E-state index contributed by atoms with van der Waals surface area (Å²) >= 11 is 6.25. The number of anilines is 1. The second-order valence-electron chi connectivity index (χ2n) is 20.0. The van der Waals surface area contributed by atoms with Crippen molar-refractivity contribution >= 4 is 46.6 Å². The molecule has 4 amide bonds. The summed E-state index contributed by atoms with van der Waals surface area (Å²) in [6.07, 6.45) is 1.79. The number of carbonyl (C=O) groups excluding carboxylic acids is 4. The van der Waals surface area contributed by atoms with Crippen LogP contribution in [0.15, 0.2) is 88.6 Å². The summed E-state index contributed by atoms with van der Waals surface area (Å²) in [5, 5.41) is 28.7. The highest BCUT2D eigenvalue weighted by Gasteiger charge is 2.44. The van der Waals surface area contributed by atoms with Gasteiger partial charge in [-0.2, -0.15) is 0 Å². The van der Waals surface area contributed by atoms with Gasteiger partial charge in [0, 0.05) is 78.8 Å². The minimum absolute atomic E-state index is 0.0271. The standard InChI is InChI=1S/C55H65ClN10O9/c1-32-33(2)59-52-47(32)48(37-14-16-39(56)17-15-37)61-43(51-64-63-35(4)66(51)52)27-45(68)60-40-18-20-42(21-19-40)74-25-9-23-72-22-8-24-73-30-46(69)62-50(55(5,6)7)54(71)65-29-41(67)26-44(65)53(70)57-28-36-10-12-38(13-11-36)49-34(3)58-31-75-49/h10-21,31,41,43-44,50,59,67H,8-9,22-30H2,1-7H3,(H,57,70)(H,60,68)(H,62,69)/t41-,43?,44+,50?/m1/s1. The third-order valence-corrected chi connectivity index (χ3v) is 13.5. The number of likely N-dealkylation sites (tertiary alicyclic amines) is 1. The highest BCUT2D eigenvalue weighted by Crippen LogP contribution is 2.36. The van der Waals surface area contributed by atoms with Crippen LogP contribution in [0.2, 0.25) is 5.02 Å². The molecule has 2 unspecified atom stereocenters. The first-order chi connectivity index (χ1) is 35.9. The highest BCUT2D eigenvalue weighted by molar-refractivity contribution is 6.30. The summed E-state index contributed by atoms with van der Waals surface area (Å²) in [6.45, 7) is 14.7. The number of aryl methyl sites for hydroxylation is 3. The van der Waals surface area contributed by atoms with Crippen molar-refractivity contribution in [1.82, 2.24) is 40.3 Å². The van der Waals surface area contributed by atoms with Gasteiger partial charge in [-0.15, -0.1) is 10.2 Å². The van der Waals surface area contributed by atoms with Gasteiger partial charge in [-0.1, -0.05) is 68.8 Å². The maximum Gasteiger partial charge on any atom is 0.246 e. The number of benzene rings is 3. The van der Waals surface area contributed by atoms with E-state index in [4.69, 9.17) is 35.2 Å². The fourth-order valence-electron chi connectivity index (χ4n) is 9.16. The minimum Gasteiger partial charge on any atom is -0.494 e. The van der Waals surface area contributed by atoms with Gasteiger partial charge in [-0.3, -0.25) is 28.7 Å². The quantitative estimate of drug-likeness (QED) is 0.0456. The number of hydrogen-bond donors (Lipinski definition) is 5. The number of aliphatic hydroxyl groups is 1. The van der Waals surface area contributed by atoms with Gasteiger partial charge in [-0.05, 0) is 87.1 Å². The number of β-amino-alcohol motifs (C(OH)–C–C–N with tert-alkyl or cyclic N) is 1. The Morgan fingerprint density at radius 3 is 2.27 bits per heavy atom. The smallest absolute Gasteiger partial charge is 0.246 e. The molecule has 1 fully saturated rings. The van der Waals surface area contributed by atoms with Gasteiger partial charge in [0.15, 0.2) is 18.0 Å². The molecule has 20 heteroatoms. The number of oxazole rings is 1. The number of aromatic nitrogens is 5. The molecule has 8 rings (SSSR count). The van der Waals surface area contributed by atoms with Gasteiger partial charge in [0.25, 0.3) is 0 Å². The first-order valence-electron chi connectivity index (χ1n) is 25.1. The number of aliphatic imine (C=N–C) groups is 1. The molecule has 4 atom stereocenters. The molecule has 1 saturated heterocycles. The molecule has 3 aromatic heterocycles. The van der Waals surface area contributed by atoms with Crippen molar-refractivity contribution in [2.45, 2.75) is 105 Å². The number of aromatic amines is 1. The monoisotopic (exact) mass is 1040 g/mol. The first kappa shape index (κ1) is 54.1. The van der Waals surface area contributed by atoms with Gasteiger partial charge in [0.1, 0.15) is 42.1 Å². The Bertz CT molecular complexity index is 3000. The van der Waals surface area contributed by atoms with Crippen molar-refractivity contribution in [3.05, 3.63) is 130 Å². The van der Waals surface area contributed by atoms with E-state index >= 15 is 0 Å². The topological polar surface area (TPSA) is 240 Å². The molecule has 3 aromatic carbocycles. The minimum atomic E-state index is -0.974. The van der Waals surface area contributed by atoms with Crippen molar-refractivity contribution in [2.75, 3.05) is 44.9 Å². The third kappa shape index (κ3) is 13.2. The van der Waals surface area contributed by atoms with Crippen molar-refractivity contribution < 1.29 is 42.9 Å². The number of aliphatic hydroxyl groups excluding tert-OH is 1. The Morgan fingerprint density at radius 2 is 1.57 bits per heavy atom. The highest BCUT2D eigenvalue weighted by atomic mass is 35.5. The van der Waals surface area contributed by atoms with Crippen molar-refractivity contribution in [2.24, 2.45) is 10.4 Å². The first-order valence-corrected chi connectivity index (χ1v) is 25.5. The lowest BCUT2D eigenvalue weighted by Gasteiger charge is -2.35. The second-order valence-corrected chi connectivity index (χ2v) is 20.4. The van der Waals surface area contributed by atoms with Gasteiger partial charge < -0.3 is 49.6 Å². The van der Waals surface area contributed by atoms with Gasteiger partial charge in [-0.25, -0.2) is 4.98 Å². The molecule has 0 spiro atoms. The van der Waals surface area contributed by atoms with E-state index in [1.807, 2.05) is 102 Å². The molecule has 5 heterocycles. The fraction of sp³-hybridized carbons (Fsp3) is 0.418. The Hall–Kier alpha value is -7.19. The van der Waals surface area contributed by atoms with Crippen LogP contribution in [0.4, 0.5) is 5.69 Å². The largest absolute Gasteiger partial charge is 0.494 e. The Morgan fingerprint density at radius 1 is 0.880 bits per heavy atom. The molecule has 2 aliphatic rings. The predicted octanol–water partition coefficient (Wildman–Crippen LogP) is 7.06. The summed E-state index contributed by atoms with van der Waals surface area (Å²) in [6, 6.07) is 19.7.